The maximum atomic E-state index is 12.8. The number of anilines is 2. The topological polar surface area (TPSA) is 44.8 Å². The zero-order valence-electron chi connectivity index (χ0n) is 17.7. The van der Waals surface area contributed by atoms with E-state index in [1.807, 2.05) is 13.0 Å². The predicted octanol–water partition coefficient (Wildman–Crippen LogP) is 4.59. The van der Waals surface area contributed by atoms with E-state index in [1.165, 1.54) is 5.69 Å². The Morgan fingerprint density at radius 3 is 2.34 bits per heavy atom. The molecule has 1 aliphatic rings. The molecule has 1 aliphatic heterocycles. The monoisotopic (exact) mass is 415 g/mol. The number of nitrogens with one attached hydrogen (secondary N) is 1. The predicted molar refractivity (Wildman–Crippen MR) is 120 cm³/mol. The molecule has 6 heteroatoms. The van der Waals surface area contributed by atoms with Gasteiger partial charge in [0.15, 0.2) is 5.60 Å². The Hall–Kier alpha value is -2.24. The minimum absolute atomic E-state index is 0.195. The van der Waals surface area contributed by atoms with Crippen LogP contribution in [0.5, 0.6) is 5.75 Å². The Bertz CT molecular complexity index is 844. The lowest BCUT2D eigenvalue weighted by molar-refractivity contribution is -0.128. The largest absolute Gasteiger partial charge is 0.478 e. The molecule has 0 atom stereocenters. The average Bonchev–Trinajstić information content (AvgIpc) is 2.71. The number of amides is 1. The van der Waals surface area contributed by atoms with Gasteiger partial charge in [0, 0.05) is 42.6 Å². The Morgan fingerprint density at radius 1 is 1.10 bits per heavy atom. The number of rotatable bonds is 6. The Morgan fingerprint density at radius 2 is 1.76 bits per heavy atom. The lowest BCUT2D eigenvalue weighted by Crippen LogP contribution is -2.46. The molecule has 5 nitrogen and oxygen atoms in total. The van der Waals surface area contributed by atoms with Gasteiger partial charge in [-0.1, -0.05) is 18.5 Å². The van der Waals surface area contributed by atoms with E-state index in [0.717, 1.165) is 44.0 Å². The van der Waals surface area contributed by atoms with Gasteiger partial charge < -0.3 is 19.9 Å². The highest BCUT2D eigenvalue weighted by Gasteiger charge is 2.30. The maximum Gasteiger partial charge on any atom is 0.267 e. The summed E-state index contributed by atoms with van der Waals surface area (Å²) in [7, 11) is 0. The zero-order valence-corrected chi connectivity index (χ0v) is 18.4. The number of halogens is 1. The van der Waals surface area contributed by atoms with E-state index in [2.05, 4.69) is 34.2 Å². The van der Waals surface area contributed by atoms with Crippen molar-refractivity contribution in [2.45, 2.75) is 33.3 Å². The van der Waals surface area contributed by atoms with Crippen molar-refractivity contribution in [3.05, 3.63) is 53.1 Å². The van der Waals surface area contributed by atoms with Crippen LogP contribution in [0, 0.1) is 6.92 Å². The van der Waals surface area contributed by atoms with Crippen molar-refractivity contribution in [3.63, 3.8) is 0 Å². The summed E-state index contributed by atoms with van der Waals surface area (Å²) in [5, 5.41) is 3.64. The molecule has 0 unspecified atom stereocenters. The number of hydrogen-bond donors (Lipinski definition) is 1. The Labute approximate surface area is 178 Å². The standard InChI is InChI=1S/C23H30ClN3O2/c1-5-26-12-14-27(15-13-26)19-8-11-21(17(2)16-19)25-22(28)23(3,4)29-20-9-6-18(24)7-10-20/h6-11,16H,5,12-15H2,1-4H3,(H,25,28). The van der Waals surface area contributed by atoms with Crippen LogP contribution in [-0.2, 0) is 4.79 Å². The summed E-state index contributed by atoms with van der Waals surface area (Å²) in [6.07, 6.45) is 0. The number of piperazine rings is 1. The number of likely N-dealkylation sites (N-methyl/N-ethyl adjacent to an activating group) is 1. The second kappa shape index (κ2) is 9.06. The number of ether oxygens (including phenoxy) is 1. The minimum atomic E-state index is -1.02. The van der Waals surface area contributed by atoms with Crippen LogP contribution >= 0.6 is 11.6 Å². The van der Waals surface area contributed by atoms with E-state index in [0.29, 0.717) is 10.8 Å². The molecule has 0 bridgehead atoms. The van der Waals surface area contributed by atoms with Crippen molar-refractivity contribution in [1.29, 1.82) is 0 Å². The first-order valence-electron chi connectivity index (χ1n) is 10.1. The molecule has 1 saturated heterocycles. The molecular formula is C23H30ClN3O2. The lowest BCUT2D eigenvalue weighted by Gasteiger charge is -2.35. The van der Waals surface area contributed by atoms with E-state index in [-0.39, 0.29) is 5.91 Å². The summed E-state index contributed by atoms with van der Waals surface area (Å²) in [5.74, 6) is 0.410. The molecule has 156 valence electrons. The number of nitrogens with zero attached hydrogens (tertiary/aromatic N) is 2. The molecule has 1 amide bonds. The summed E-state index contributed by atoms with van der Waals surface area (Å²) in [4.78, 5) is 17.7. The SMILES string of the molecule is CCN1CCN(c2ccc(NC(=O)C(C)(C)Oc3ccc(Cl)cc3)c(C)c2)CC1. The smallest absolute Gasteiger partial charge is 0.267 e. The number of carbonyl (C=O) groups is 1. The lowest BCUT2D eigenvalue weighted by atomic mass is 10.1. The van der Waals surface area contributed by atoms with Gasteiger partial charge in [-0.2, -0.15) is 0 Å². The van der Waals surface area contributed by atoms with Gasteiger partial charge in [0.2, 0.25) is 0 Å². The third-order valence-corrected chi connectivity index (χ3v) is 5.63. The highest BCUT2D eigenvalue weighted by atomic mass is 35.5. The molecule has 1 heterocycles. The molecule has 0 aliphatic carbocycles. The third kappa shape index (κ3) is 5.43. The second-order valence-electron chi connectivity index (χ2n) is 7.94. The fraction of sp³-hybridized carbons (Fsp3) is 0.435. The minimum Gasteiger partial charge on any atom is -0.478 e. The summed E-state index contributed by atoms with van der Waals surface area (Å²) in [6.45, 7) is 13.1. The summed E-state index contributed by atoms with van der Waals surface area (Å²) in [6, 6.07) is 13.2. The van der Waals surface area contributed by atoms with E-state index in [9.17, 15) is 4.79 Å². The molecule has 1 fully saturated rings. The molecule has 3 rings (SSSR count). The molecule has 0 radical (unpaired) electrons. The van der Waals surface area contributed by atoms with Gasteiger partial charge in [0.1, 0.15) is 5.75 Å². The first-order chi connectivity index (χ1) is 13.8. The van der Waals surface area contributed by atoms with Crippen molar-refractivity contribution in [2.24, 2.45) is 0 Å². The van der Waals surface area contributed by atoms with Crippen LogP contribution in [0.4, 0.5) is 11.4 Å². The van der Waals surface area contributed by atoms with Gasteiger partial charge in [0.25, 0.3) is 5.91 Å². The molecule has 0 saturated carbocycles. The highest BCUT2D eigenvalue weighted by molar-refractivity contribution is 6.30. The van der Waals surface area contributed by atoms with Crippen molar-refractivity contribution < 1.29 is 9.53 Å². The van der Waals surface area contributed by atoms with Gasteiger partial charge in [-0.25, -0.2) is 0 Å². The number of benzene rings is 2. The molecule has 0 spiro atoms. The van der Waals surface area contributed by atoms with Gasteiger partial charge in [-0.3, -0.25) is 4.79 Å². The summed E-state index contributed by atoms with van der Waals surface area (Å²) >= 11 is 5.91. The van der Waals surface area contributed by atoms with Crippen molar-refractivity contribution in [3.8, 4) is 5.75 Å². The first-order valence-corrected chi connectivity index (χ1v) is 10.5. The van der Waals surface area contributed by atoms with E-state index >= 15 is 0 Å². The van der Waals surface area contributed by atoms with Gasteiger partial charge in [-0.05, 0) is 75.3 Å². The molecule has 1 N–H and O–H groups in total. The van der Waals surface area contributed by atoms with Gasteiger partial charge in [0.05, 0.1) is 0 Å². The number of aryl methyl sites for hydroxylation is 1. The Balaban J connectivity index is 1.64. The van der Waals surface area contributed by atoms with E-state index < -0.39 is 5.60 Å². The summed E-state index contributed by atoms with van der Waals surface area (Å²) in [5.41, 5.74) is 2.03. The fourth-order valence-corrected chi connectivity index (χ4v) is 3.55. The molecule has 0 aromatic heterocycles. The van der Waals surface area contributed by atoms with Crippen LogP contribution in [0.1, 0.15) is 26.3 Å². The molecule has 2 aromatic carbocycles. The molecule has 2 aromatic rings. The third-order valence-electron chi connectivity index (χ3n) is 5.38. The van der Waals surface area contributed by atoms with Crippen LogP contribution in [0.15, 0.2) is 42.5 Å². The van der Waals surface area contributed by atoms with Crippen molar-refractivity contribution in [2.75, 3.05) is 42.9 Å². The van der Waals surface area contributed by atoms with Crippen molar-refractivity contribution in [1.82, 2.24) is 4.90 Å². The van der Waals surface area contributed by atoms with E-state index in [4.69, 9.17) is 16.3 Å². The Kier molecular flexibility index (Phi) is 6.70. The van der Waals surface area contributed by atoms with Crippen molar-refractivity contribution >= 4 is 28.9 Å². The van der Waals surface area contributed by atoms with Crippen LogP contribution < -0.4 is 15.0 Å². The van der Waals surface area contributed by atoms with Gasteiger partial charge >= 0.3 is 0 Å². The second-order valence-corrected chi connectivity index (χ2v) is 8.38. The fourth-order valence-electron chi connectivity index (χ4n) is 3.42. The number of hydrogen-bond acceptors (Lipinski definition) is 4. The summed E-state index contributed by atoms with van der Waals surface area (Å²) < 4.78 is 5.89. The molecular weight excluding hydrogens is 386 g/mol. The van der Waals surface area contributed by atoms with E-state index in [1.54, 1.807) is 38.1 Å². The zero-order chi connectivity index (χ0) is 21.0. The van der Waals surface area contributed by atoms with Crippen LogP contribution in [-0.4, -0.2) is 49.1 Å². The quantitative estimate of drug-likeness (QED) is 0.749. The highest BCUT2D eigenvalue weighted by Crippen LogP contribution is 2.26. The van der Waals surface area contributed by atoms with Crippen LogP contribution in [0.25, 0.3) is 0 Å². The first kappa shape index (κ1) is 21.5. The number of carbonyl (C=O) groups excluding carboxylic acids is 1. The van der Waals surface area contributed by atoms with Gasteiger partial charge in [-0.15, -0.1) is 0 Å². The average molecular weight is 416 g/mol. The molecule has 29 heavy (non-hydrogen) atoms. The van der Waals surface area contributed by atoms with Crippen LogP contribution in [0.3, 0.4) is 0 Å². The maximum absolute atomic E-state index is 12.8. The van der Waals surface area contributed by atoms with Crippen LogP contribution in [0.2, 0.25) is 5.02 Å². The normalized spacial score (nSPS) is 15.3.